The maximum atomic E-state index is 14.1. The standard InChI is InChI=1S/C33H39N3O6/c1-6-7-14-36-28-10-8-24(39-4)19-26(28)30(27-20-25(40-5)9-11-29(27)36)33(38)42-31-21(2)17-23(18-22(31)3)32(37)35-13-16-41-15-12-34/h8-11,17-20H,6-7,12-16,34H2,1-5H3/p+1. The minimum Gasteiger partial charge on any atom is -0.497 e. The van der Waals surface area contributed by atoms with E-state index >= 15 is 0 Å². The second-order valence-electron chi connectivity index (χ2n) is 10.1. The number of methoxy groups -OCH3 is 2. The first-order valence-electron chi connectivity index (χ1n) is 14.2. The molecule has 222 valence electrons. The molecule has 1 heterocycles. The highest BCUT2D eigenvalue weighted by Gasteiger charge is 2.27. The minimum atomic E-state index is -0.505. The Bertz CT molecular complexity index is 1510. The molecule has 1 aromatic heterocycles. The van der Waals surface area contributed by atoms with Crippen LogP contribution in [0.25, 0.3) is 21.8 Å². The molecule has 0 aliphatic carbocycles. The Morgan fingerprint density at radius 1 is 0.881 bits per heavy atom. The van der Waals surface area contributed by atoms with Crippen molar-refractivity contribution in [2.45, 2.75) is 40.2 Å². The summed E-state index contributed by atoms with van der Waals surface area (Å²) < 4.78 is 24.7. The Kier molecular flexibility index (Phi) is 10.3. The zero-order valence-electron chi connectivity index (χ0n) is 25.0. The van der Waals surface area contributed by atoms with Crippen LogP contribution in [0.5, 0.6) is 17.2 Å². The lowest BCUT2D eigenvalue weighted by Crippen LogP contribution is -2.36. The van der Waals surface area contributed by atoms with E-state index in [0.717, 1.165) is 41.2 Å². The second kappa shape index (κ2) is 14.1. The highest BCUT2D eigenvalue weighted by atomic mass is 16.5. The van der Waals surface area contributed by atoms with Gasteiger partial charge in [-0.2, -0.15) is 4.57 Å². The Hall–Kier alpha value is -4.21. The predicted molar refractivity (Wildman–Crippen MR) is 163 cm³/mol. The molecule has 42 heavy (non-hydrogen) atoms. The molecule has 4 aromatic rings. The summed E-state index contributed by atoms with van der Waals surface area (Å²) in [7, 11) is 3.21. The van der Waals surface area contributed by atoms with Gasteiger partial charge in [0.05, 0.1) is 43.8 Å². The summed E-state index contributed by atoms with van der Waals surface area (Å²) in [6.45, 7) is 8.21. The molecule has 0 atom stereocenters. The summed E-state index contributed by atoms with van der Waals surface area (Å²) in [6.07, 6.45) is 2.01. The van der Waals surface area contributed by atoms with E-state index < -0.39 is 5.97 Å². The number of rotatable bonds is 13. The summed E-state index contributed by atoms with van der Waals surface area (Å²) in [5, 5.41) is 4.28. The molecule has 0 fully saturated rings. The zero-order chi connectivity index (χ0) is 30.2. The smallest absolute Gasteiger partial charge is 0.345 e. The van der Waals surface area contributed by atoms with Crippen LogP contribution in [0.3, 0.4) is 0 Å². The van der Waals surface area contributed by atoms with E-state index in [1.54, 1.807) is 26.4 Å². The molecule has 0 aliphatic heterocycles. The lowest BCUT2D eigenvalue weighted by Gasteiger charge is -2.16. The van der Waals surface area contributed by atoms with E-state index in [4.69, 9.17) is 24.7 Å². The Labute approximate surface area is 246 Å². The second-order valence-corrected chi connectivity index (χ2v) is 10.1. The lowest BCUT2D eigenvalue weighted by atomic mass is 10.0. The number of fused-ring (bicyclic) bond motifs is 2. The van der Waals surface area contributed by atoms with Gasteiger partial charge in [0, 0.05) is 37.2 Å². The van der Waals surface area contributed by atoms with Crippen molar-refractivity contribution in [2.75, 3.05) is 40.5 Å². The van der Waals surface area contributed by atoms with Gasteiger partial charge in [-0.05, 0) is 61.4 Å². The quantitative estimate of drug-likeness (QED) is 0.0787. The molecule has 0 radical (unpaired) electrons. The molecule has 1 amide bonds. The number of aromatic nitrogens is 1. The van der Waals surface area contributed by atoms with Gasteiger partial charge in [-0.3, -0.25) is 4.79 Å². The number of nitrogens with two attached hydrogens (primary N) is 1. The van der Waals surface area contributed by atoms with Crippen LogP contribution in [0.15, 0.2) is 48.5 Å². The number of esters is 1. The molecule has 0 spiro atoms. The number of hydrogen-bond donors (Lipinski definition) is 2. The number of unbranched alkanes of at least 4 members (excludes halogenated alkanes) is 1. The van der Waals surface area contributed by atoms with Crippen LogP contribution in [0.1, 0.15) is 51.6 Å². The molecule has 0 saturated heterocycles. The molecule has 9 heteroatoms. The topological polar surface area (TPSA) is 113 Å². The van der Waals surface area contributed by atoms with Crippen molar-refractivity contribution in [3.05, 3.63) is 70.8 Å². The number of aryl methyl sites for hydroxylation is 3. The Morgan fingerprint density at radius 3 is 2.00 bits per heavy atom. The molecule has 0 unspecified atom stereocenters. The van der Waals surface area contributed by atoms with E-state index in [1.165, 1.54) is 0 Å². The van der Waals surface area contributed by atoms with E-state index in [1.807, 2.05) is 50.2 Å². The maximum absolute atomic E-state index is 14.1. The third kappa shape index (κ3) is 6.64. The molecular weight excluding hydrogens is 534 g/mol. The lowest BCUT2D eigenvalue weighted by molar-refractivity contribution is -0.645. The first-order chi connectivity index (χ1) is 20.3. The van der Waals surface area contributed by atoms with Gasteiger partial charge in [0.15, 0.2) is 0 Å². The van der Waals surface area contributed by atoms with Crippen LogP contribution in [0, 0.1) is 13.8 Å². The van der Waals surface area contributed by atoms with Crippen LogP contribution in [-0.4, -0.2) is 52.4 Å². The summed E-state index contributed by atoms with van der Waals surface area (Å²) in [4.78, 5) is 26.8. The van der Waals surface area contributed by atoms with Gasteiger partial charge in [-0.15, -0.1) is 0 Å². The molecule has 4 rings (SSSR count). The van der Waals surface area contributed by atoms with Crippen LogP contribution in [0.2, 0.25) is 0 Å². The molecule has 0 saturated carbocycles. The van der Waals surface area contributed by atoms with Crippen molar-refractivity contribution in [1.82, 2.24) is 5.32 Å². The van der Waals surface area contributed by atoms with Gasteiger partial charge in [0.2, 0.25) is 11.0 Å². The molecule has 3 N–H and O–H groups in total. The number of nitrogens with zero attached hydrogens (tertiary/aromatic N) is 1. The van der Waals surface area contributed by atoms with Crippen LogP contribution in [-0.2, 0) is 11.3 Å². The fourth-order valence-corrected chi connectivity index (χ4v) is 5.12. The van der Waals surface area contributed by atoms with Gasteiger partial charge in [0.25, 0.3) is 5.91 Å². The number of carbonyl (C=O) groups is 2. The van der Waals surface area contributed by atoms with Gasteiger partial charge >= 0.3 is 5.97 Å². The fraction of sp³-hybridized carbons (Fsp3) is 0.364. The zero-order valence-corrected chi connectivity index (χ0v) is 25.0. The van der Waals surface area contributed by atoms with E-state index in [0.29, 0.717) is 65.8 Å². The predicted octanol–water partition coefficient (Wildman–Crippen LogP) is 4.64. The van der Waals surface area contributed by atoms with Crippen molar-refractivity contribution < 1.29 is 33.1 Å². The number of pyridine rings is 1. The average molecular weight is 575 g/mol. The van der Waals surface area contributed by atoms with Crippen molar-refractivity contribution in [3.63, 3.8) is 0 Å². The minimum absolute atomic E-state index is 0.230. The molecule has 0 aliphatic rings. The number of ether oxygens (including phenoxy) is 4. The third-order valence-electron chi connectivity index (χ3n) is 7.18. The van der Waals surface area contributed by atoms with E-state index in [2.05, 4.69) is 16.8 Å². The van der Waals surface area contributed by atoms with Gasteiger partial charge in [-0.1, -0.05) is 13.3 Å². The Morgan fingerprint density at radius 2 is 1.48 bits per heavy atom. The van der Waals surface area contributed by atoms with Crippen molar-refractivity contribution in [3.8, 4) is 17.2 Å². The molecule has 3 aromatic carbocycles. The van der Waals surface area contributed by atoms with E-state index in [-0.39, 0.29) is 5.91 Å². The largest absolute Gasteiger partial charge is 0.497 e. The monoisotopic (exact) mass is 574 g/mol. The summed E-state index contributed by atoms with van der Waals surface area (Å²) in [5.74, 6) is 0.951. The molecule has 9 nitrogen and oxygen atoms in total. The fourth-order valence-electron chi connectivity index (χ4n) is 5.12. The molecule has 0 bridgehead atoms. The van der Waals surface area contributed by atoms with Crippen LogP contribution >= 0.6 is 0 Å². The highest BCUT2D eigenvalue weighted by Crippen LogP contribution is 2.33. The number of nitrogens with one attached hydrogen (secondary N) is 1. The van der Waals surface area contributed by atoms with Crippen molar-refractivity contribution in [1.29, 1.82) is 0 Å². The first-order valence-corrected chi connectivity index (χ1v) is 14.2. The Balaban J connectivity index is 1.76. The summed E-state index contributed by atoms with van der Waals surface area (Å²) in [5.41, 5.74) is 9.48. The average Bonchev–Trinajstić information content (AvgIpc) is 2.99. The summed E-state index contributed by atoms with van der Waals surface area (Å²) >= 11 is 0. The van der Waals surface area contributed by atoms with Gasteiger partial charge in [0.1, 0.15) is 23.8 Å². The van der Waals surface area contributed by atoms with Crippen LogP contribution in [0.4, 0.5) is 0 Å². The first kappa shape index (κ1) is 30.7. The third-order valence-corrected chi connectivity index (χ3v) is 7.18. The number of amides is 1. The van der Waals surface area contributed by atoms with Crippen molar-refractivity contribution in [2.24, 2.45) is 5.73 Å². The van der Waals surface area contributed by atoms with Gasteiger partial charge < -0.3 is 30.0 Å². The van der Waals surface area contributed by atoms with Crippen LogP contribution < -0.4 is 29.8 Å². The number of benzene rings is 3. The maximum Gasteiger partial charge on any atom is 0.345 e. The summed E-state index contributed by atoms with van der Waals surface area (Å²) in [6, 6.07) is 14.9. The van der Waals surface area contributed by atoms with Gasteiger partial charge in [-0.25, -0.2) is 4.79 Å². The normalized spacial score (nSPS) is 11.1. The highest BCUT2D eigenvalue weighted by molar-refractivity contribution is 6.14. The van der Waals surface area contributed by atoms with Crippen molar-refractivity contribution >= 4 is 33.7 Å². The SMILES string of the molecule is CCCC[n+]1c2ccc(OC)cc2c(C(=O)Oc2c(C)cc(C(=O)NCCOCCN)cc2C)c2cc(OC)ccc21. The molecular formula is C33H40N3O6+. The van der Waals surface area contributed by atoms with E-state index in [9.17, 15) is 9.59 Å². The number of hydrogen-bond acceptors (Lipinski definition) is 7. The number of carbonyl (C=O) groups excluding carboxylic acids is 2.